The minimum Gasteiger partial charge on any atom is -0.339 e. The Bertz CT molecular complexity index is 484. The summed E-state index contributed by atoms with van der Waals surface area (Å²) in [5, 5.41) is 10.7. The standard InChI is InChI=1S/C12H13IN2O3/c13-11-5-4-9(15(17)18)8-10(11)12(16)14-6-2-1-3-7-14/h4-5,8H,1-3,6-7H2. The third-order valence-corrected chi connectivity index (χ3v) is 3.98. The van der Waals surface area contributed by atoms with E-state index >= 15 is 0 Å². The Kier molecular flexibility index (Phi) is 4.15. The van der Waals surface area contributed by atoms with E-state index in [1.165, 1.54) is 12.1 Å². The van der Waals surface area contributed by atoms with E-state index in [2.05, 4.69) is 0 Å². The number of hydrogen-bond acceptors (Lipinski definition) is 3. The van der Waals surface area contributed by atoms with Gasteiger partial charge in [0.25, 0.3) is 11.6 Å². The average molecular weight is 360 g/mol. The van der Waals surface area contributed by atoms with E-state index in [1.54, 1.807) is 11.0 Å². The summed E-state index contributed by atoms with van der Waals surface area (Å²) in [6.45, 7) is 1.50. The highest BCUT2D eigenvalue weighted by Crippen LogP contribution is 2.22. The van der Waals surface area contributed by atoms with Crippen molar-refractivity contribution in [3.8, 4) is 0 Å². The van der Waals surface area contributed by atoms with Crippen LogP contribution in [0.2, 0.25) is 0 Å². The lowest BCUT2D eigenvalue weighted by molar-refractivity contribution is -0.384. The largest absolute Gasteiger partial charge is 0.339 e. The van der Waals surface area contributed by atoms with Crippen LogP contribution in [-0.2, 0) is 0 Å². The summed E-state index contributed by atoms with van der Waals surface area (Å²) in [5.41, 5.74) is 0.405. The molecule has 0 unspecified atom stereocenters. The molecule has 0 aliphatic carbocycles. The SMILES string of the molecule is O=C(c1cc([N+](=O)[O-])ccc1I)N1CCCCC1. The Morgan fingerprint density at radius 2 is 1.94 bits per heavy atom. The third kappa shape index (κ3) is 2.80. The number of amides is 1. The van der Waals surface area contributed by atoms with Gasteiger partial charge < -0.3 is 4.90 Å². The smallest absolute Gasteiger partial charge is 0.270 e. The van der Waals surface area contributed by atoms with Gasteiger partial charge in [0, 0.05) is 28.8 Å². The molecule has 1 aliphatic rings. The van der Waals surface area contributed by atoms with Crippen molar-refractivity contribution in [2.24, 2.45) is 0 Å². The lowest BCUT2D eigenvalue weighted by Gasteiger charge is -2.27. The Labute approximate surface area is 118 Å². The maximum absolute atomic E-state index is 12.3. The van der Waals surface area contributed by atoms with Crippen LogP contribution in [0.25, 0.3) is 0 Å². The zero-order valence-electron chi connectivity index (χ0n) is 9.76. The first-order valence-corrected chi connectivity index (χ1v) is 6.90. The summed E-state index contributed by atoms with van der Waals surface area (Å²) < 4.78 is 0.758. The molecule has 0 radical (unpaired) electrons. The van der Waals surface area contributed by atoms with Crippen molar-refractivity contribution in [2.45, 2.75) is 19.3 Å². The Morgan fingerprint density at radius 1 is 1.28 bits per heavy atom. The molecule has 96 valence electrons. The van der Waals surface area contributed by atoms with E-state index in [-0.39, 0.29) is 11.6 Å². The van der Waals surface area contributed by atoms with Crippen LogP contribution in [0.15, 0.2) is 18.2 Å². The first-order chi connectivity index (χ1) is 8.59. The first kappa shape index (κ1) is 13.3. The molecule has 1 aliphatic heterocycles. The number of non-ortho nitro benzene ring substituents is 1. The van der Waals surface area contributed by atoms with E-state index < -0.39 is 4.92 Å². The highest BCUT2D eigenvalue weighted by molar-refractivity contribution is 14.1. The minimum atomic E-state index is -0.469. The molecule has 0 N–H and O–H groups in total. The summed E-state index contributed by atoms with van der Waals surface area (Å²) in [4.78, 5) is 24.3. The number of halogens is 1. The predicted molar refractivity (Wildman–Crippen MR) is 75.6 cm³/mol. The topological polar surface area (TPSA) is 63.4 Å². The minimum absolute atomic E-state index is 0.0317. The molecule has 0 bridgehead atoms. The van der Waals surface area contributed by atoms with Crippen LogP contribution in [0, 0.1) is 13.7 Å². The van der Waals surface area contributed by atoms with Crippen LogP contribution in [0.4, 0.5) is 5.69 Å². The zero-order valence-corrected chi connectivity index (χ0v) is 11.9. The molecular weight excluding hydrogens is 347 g/mol. The van der Waals surface area contributed by atoms with Gasteiger partial charge in [0.15, 0.2) is 0 Å². The fraction of sp³-hybridized carbons (Fsp3) is 0.417. The summed E-state index contributed by atoms with van der Waals surface area (Å²) in [6.07, 6.45) is 3.17. The van der Waals surface area contributed by atoms with Crippen LogP contribution in [0.1, 0.15) is 29.6 Å². The molecular formula is C12H13IN2O3. The monoisotopic (exact) mass is 360 g/mol. The molecule has 0 saturated carbocycles. The summed E-state index contributed by atoms with van der Waals surface area (Å²) in [6, 6.07) is 4.42. The molecule has 1 aromatic rings. The van der Waals surface area contributed by atoms with E-state index in [0.717, 1.165) is 35.9 Å². The van der Waals surface area contributed by atoms with Crippen molar-refractivity contribution in [3.63, 3.8) is 0 Å². The molecule has 1 heterocycles. The molecule has 1 saturated heterocycles. The van der Waals surface area contributed by atoms with E-state index in [9.17, 15) is 14.9 Å². The van der Waals surface area contributed by atoms with Crippen molar-refractivity contribution >= 4 is 34.2 Å². The number of nitro groups is 1. The second-order valence-corrected chi connectivity index (χ2v) is 5.44. The third-order valence-electron chi connectivity index (χ3n) is 3.03. The normalized spacial score (nSPS) is 15.5. The van der Waals surface area contributed by atoms with Gasteiger partial charge in [-0.2, -0.15) is 0 Å². The second-order valence-electron chi connectivity index (χ2n) is 4.27. The molecule has 18 heavy (non-hydrogen) atoms. The maximum Gasteiger partial charge on any atom is 0.270 e. The predicted octanol–water partition coefficient (Wildman–Crippen LogP) is 2.83. The van der Waals surface area contributed by atoms with Gasteiger partial charge in [-0.3, -0.25) is 14.9 Å². The molecule has 1 aromatic carbocycles. The number of carbonyl (C=O) groups is 1. The highest BCUT2D eigenvalue weighted by atomic mass is 127. The number of carbonyl (C=O) groups excluding carboxylic acids is 1. The molecule has 0 atom stereocenters. The van der Waals surface area contributed by atoms with Crippen molar-refractivity contribution < 1.29 is 9.72 Å². The number of hydrogen-bond donors (Lipinski definition) is 0. The molecule has 1 amide bonds. The van der Waals surface area contributed by atoms with Gasteiger partial charge in [-0.1, -0.05) is 0 Å². The molecule has 0 aromatic heterocycles. The molecule has 0 spiro atoms. The number of rotatable bonds is 2. The van der Waals surface area contributed by atoms with Gasteiger partial charge in [-0.25, -0.2) is 0 Å². The quantitative estimate of drug-likeness (QED) is 0.463. The van der Waals surface area contributed by atoms with Crippen molar-refractivity contribution in [1.29, 1.82) is 0 Å². The Morgan fingerprint density at radius 3 is 2.56 bits per heavy atom. The lowest BCUT2D eigenvalue weighted by atomic mass is 10.1. The van der Waals surface area contributed by atoms with Crippen LogP contribution in [0.3, 0.4) is 0 Å². The van der Waals surface area contributed by atoms with Crippen LogP contribution in [0.5, 0.6) is 0 Å². The summed E-state index contributed by atoms with van der Waals surface area (Å²) in [7, 11) is 0. The number of benzene rings is 1. The number of nitrogens with zero attached hydrogens (tertiary/aromatic N) is 2. The van der Waals surface area contributed by atoms with Gasteiger partial charge in [0.1, 0.15) is 0 Å². The Balaban J connectivity index is 2.28. The zero-order chi connectivity index (χ0) is 13.1. The highest BCUT2D eigenvalue weighted by Gasteiger charge is 2.22. The molecule has 5 nitrogen and oxygen atoms in total. The average Bonchev–Trinajstić information content (AvgIpc) is 2.39. The van der Waals surface area contributed by atoms with Gasteiger partial charge in [-0.15, -0.1) is 0 Å². The van der Waals surface area contributed by atoms with Crippen LogP contribution in [-0.4, -0.2) is 28.8 Å². The number of piperidine rings is 1. The van der Waals surface area contributed by atoms with E-state index in [0.29, 0.717) is 5.56 Å². The van der Waals surface area contributed by atoms with Crippen LogP contribution >= 0.6 is 22.6 Å². The van der Waals surface area contributed by atoms with Gasteiger partial charge in [-0.05, 0) is 47.9 Å². The van der Waals surface area contributed by atoms with E-state index in [1.807, 2.05) is 22.6 Å². The fourth-order valence-corrected chi connectivity index (χ4v) is 2.62. The molecule has 1 fully saturated rings. The van der Waals surface area contributed by atoms with Crippen molar-refractivity contribution in [2.75, 3.05) is 13.1 Å². The Hall–Kier alpha value is -1.18. The summed E-state index contributed by atoms with van der Waals surface area (Å²) in [5.74, 6) is -0.0946. The lowest BCUT2D eigenvalue weighted by Crippen LogP contribution is -2.36. The maximum atomic E-state index is 12.3. The fourth-order valence-electron chi connectivity index (χ4n) is 2.06. The van der Waals surface area contributed by atoms with Gasteiger partial charge in [0.05, 0.1) is 10.5 Å². The van der Waals surface area contributed by atoms with Gasteiger partial charge >= 0.3 is 0 Å². The number of likely N-dealkylation sites (tertiary alicyclic amines) is 1. The van der Waals surface area contributed by atoms with Gasteiger partial charge in [0.2, 0.25) is 0 Å². The van der Waals surface area contributed by atoms with Crippen molar-refractivity contribution in [3.05, 3.63) is 37.4 Å². The van der Waals surface area contributed by atoms with Crippen LogP contribution < -0.4 is 0 Å². The van der Waals surface area contributed by atoms with E-state index in [4.69, 9.17) is 0 Å². The van der Waals surface area contributed by atoms with Crippen molar-refractivity contribution in [1.82, 2.24) is 4.90 Å². The summed E-state index contributed by atoms with van der Waals surface area (Å²) >= 11 is 2.04. The molecule has 2 rings (SSSR count). The first-order valence-electron chi connectivity index (χ1n) is 5.83. The second kappa shape index (κ2) is 5.64. The number of nitro benzene ring substituents is 1. The molecule has 6 heteroatoms.